The maximum atomic E-state index is 5.14. The molecular formula is C26H23N2P. The fourth-order valence-corrected chi connectivity index (χ4v) is 6.69. The second kappa shape index (κ2) is 8.86. The Morgan fingerprint density at radius 3 is 1.24 bits per heavy atom. The van der Waals surface area contributed by atoms with E-state index < -0.39 is 7.05 Å². The number of nitrogens with zero attached hydrogens (tertiary/aromatic N) is 2. The summed E-state index contributed by atoms with van der Waals surface area (Å²) >= 11 is 0. The lowest BCUT2D eigenvalue weighted by Crippen LogP contribution is -2.25. The van der Waals surface area contributed by atoms with Crippen LogP contribution in [0.1, 0.15) is 12.5 Å². The van der Waals surface area contributed by atoms with Gasteiger partial charge in [0, 0.05) is 15.9 Å². The molecule has 0 bridgehead atoms. The van der Waals surface area contributed by atoms with Crippen LogP contribution in [0.4, 0.5) is 0 Å². The van der Waals surface area contributed by atoms with E-state index in [1.54, 1.807) is 0 Å². The van der Waals surface area contributed by atoms with E-state index in [0.717, 1.165) is 11.3 Å². The third-order valence-corrected chi connectivity index (χ3v) is 8.40. The van der Waals surface area contributed by atoms with Gasteiger partial charge in [0.1, 0.15) is 0 Å². The maximum Gasteiger partial charge on any atom is 0.0837 e. The number of hydrogen-bond acceptors (Lipinski definition) is 1. The fourth-order valence-electron chi connectivity index (χ4n) is 3.40. The lowest BCUT2D eigenvalue weighted by molar-refractivity contribution is 1.26. The van der Waals surface area contributed by atoms with Crippen molar-refractivity contribution in [2.24, 2.45) is 9.96 Å². The Morgan fingerprint density at radius 1 is 0.517 bits per heavy atom. The zero-order chi connectivity index (χ0) is 19.9. The molecule has 3 heteroatoms. The molecule has 142 valence electrons. The van der Waals surface area contributed by atoms with Crippen LogP contribution in [-0.4, -0.2) is 5.71 Å². The van der Waals surface area contributed by atoms with Crippen LogP contribution in [0, 0.1) is 0 Å². The average molecular weight is 394 g/mol. The van der Waals surface area contributed by atoms with E-state index in [1.807, 2.05) is 43.3 Å². The smallest absolute Gasteiger partial charge is 0.0837 e. The first-order valence-corrected chi connectivity index (χ1v) is 11.4. The molecule has 0 saturated heterocycles. The molecule has 0 spiro atoms. The van der Waals surface area contributed by atoms with E-state index in [0.29, 0.717) is 0 Å². The number of rotatable bonds is 5. The molecule has 4 aromatic rings. The zero-order valence-electron chi connectivity index (χ0n) is 16.4. The third-order valence-electron chi connectivity index (χ3n) is 4.91. The van der Waals surface area contributed by atoms with Crippen molar-refractivity contribution in [1.82, 2.24) is 0 Å². The van der Waals surface area contributed by atoms with E-state index in [2.05, 4.69) is 84.9 Å². The summed E-state index contributed by atoms with van der Waals surface area (Å²) in [7, 11) is -2.29. The Morgan fingerprint density at radius 2 is 0.862 bits per heavy atom. The van der Waals surface area contributed by atoms with E-state index in [9.17, 15) is 0 Å². The van der Waals surface area contributed by atoms with Crippen LogP contribution >= 0.6 is 7.05 Å². The molecule has 0 fully saturated rings. The molecule has 0 N–H and O–H groups in total. The van der Waals surface area contributed by atoms with Crippen molar-refractivity contribution in [3.63, 3.8) is 0 Å². The van der Waals surface area contributed by atoms with E-state index >= 15 is 0 Å². The van der Waals surface area contributed by atoms with Crippen LogP contribution in [0.5, 0.6) is 0 Å². The van der Waals surface area contributed by atoms with Crippen molar-refractivity contribution in [1.29, 1.82) is 0 Å². The predicted octanol–water partition coefficient (Wildman–Crippen LogP) is 5.59. The molecule has 0 aliphatic rings. The summed E-state index contributed by atoms with van der Waals surface area (Å²) in [6.07, 6.45) is 0. The summed E-state index contributed by atoms with van der Waals surface area (Å²) in [6.45, 7) is 2.02. The van der Waals surface area contributed by atoms with Gasteiger partial charge in [-0.05, 0) is 12.5 Å². The van der Waals surface area contributed by atoms with Crippen LogP contribution in [0.15, 0.2) is 131 Å². The largest absolute Gasteiger partial charge is 0.158 e. The van der Waals surface area contributed by atoms with Crippen molar-refractivity contribution in [2.45, 2.75) is 6.92 Å². The predicted molar refractivity (Wildman–Crippen MR) is 126 cm³/mol. The van der Waals surface area contributed by atoms with Gasteiger partial charge in [-0.2, -0.15) is 9.96 Å². The summed E-state index contributed by atoms with van der Waals surface area (Å²) in [4.78, 5) is 5.14. The molecule has 0 atom stereocenters. The molecule has 0 heterocycles. The Labute approximate surface area is 172 Å². The molecule has 29 heavy (non-hydrogen) atoms. The molecule has 4 aromatic carbocycles. The molecule has 0 aliphatic carbocycles. The Kier molecular flexibility index (Phi) is 5.84. The van der Waals surface area contributed by atoms with Gasteiger partial charge in [-0.15, -0.1) is 0 Å². The lowest BCUT2D eigenvalue weighted by Gasteiger charge is -2.25. The van der Waals surface area contributed by atoms with Gasteiger partial charge in [-0.3, -0.25) is 0 Å². The van der Waals surface area contributed by atoms with Gasteiger partial charge in [-0.25, -0.2) is 0 Å². The number of hydrogen-bond donors (Lipinski definition) is 0. The van der Waals surface area contributed by atoms with Crippen LogP contribution < -0.4 is 15.9 Å². The molecule has 0 unspecified atom stereocenters. The van der Waals surface area contributed by atoms with Crippen LogP contribution in [0.2, 0.25) is 0 Å². The minimum atomic E-state index is -2.29. The lowest BCUT2D eigenvalue weighted by atomic mass is 10.1. The second-order valence-corrected chi connectivity index (χ2v) is 9.78. The first kappa shape index (κ1) is 19.1. The highest BCUT2D eigenvalue weighted by Gasteiger charge is 2.27. The van der Waals surface area contributed by atoms with Crippen LogP contribution in [0.3, 0.4) is 0 Å². The summed E-state index contributed by atoms with van der Waals surface area (Å²) in [5.41, 5.74) is 2.00. The van der Waals surface area contributed by atoms with Gasteiger partial charge in [0.25, 0.3) is 0 Å². The van der Waals surface area contributed by atoms with Crippen LogP contribution in [0.25, 0.3) is 0 Å². The highest BCUT2D eigenvalue weighted by atomic mass is 31.2. The minimum Gasteiger partial charge on any atom is -0.158 e. The van der Waals surface area contributed by atoms with Gasteiger partial charge in [0.15, 0.2) is 0 Å². The molecule has 4 rings (SSSR count). The van der Waals surface area contributed by atoms with Gasteiger partial charge < -0.3 is 0 Å². The van der Waals surface area contributed by atoms with Crippen molar-refractivity contribution in [3.8, 4) is 0 Å². The standard InChI is InChI=1S/C26H23N2P/c1-22(23-14-6-2-7-15-23)27-28-29(24-16-8-3-9-17-24,25-18-10-4-11-19-25)26-20-12-5-13-21-26/h2-21H,1H3/b27-22+. The minimum absolute atomic E-state index is 0.915. The highest BCUT2D eigenvalue weighted by molar-refractivity contribution is 7.87. The van der Waals surface area contributed by atoms with Crippen molar-refractivity contribution < 1.29 is 0 Å². The van der Waals surface area contributed by atoms with Gasteiger partial charge in [0.05, 0.1) is 12.8 Å². The Bertz CT molecular complexity index is 1030. The molecule has 0 radical (unpaired) electrons. The quantitative estimate of drug-likeness (QED) is 0.240. The Hall–Kier alpha value is -3.22. The normalized spacial score (nSPS) is 11.8. The first-order chi connectivity index (χ1) is 14.3. The topological polar surface area (TPSA) is 24.7 Å². The maximum absolute atomic E-state index is 5.14. The van der Waals surface area contributed by atoms with Gasteiger partial charge >= 0.3 is 0 Å². The van der Waals surface area contributed by atoms with Gasteiger partial charge in [0.2, 0.25) is 0 Å². The van der Waals surface area contributed by atoms with E-state index in [4.69, 9.17) is 9.96 Å². The highest BCUT2D eigenvalue weighted by Crippen LogP contribution is 2.46. The van der Waals surface area contributed by atoms with Crippen molar-refractivity contribution >= 4 is 28.7 Å². The van der Waals surface area contributed by atoms with Crippen molar-refractivity contribution in [2.75, 3.05) is 0 Å². The SMILES string of the molecule is C/C(=N\N=P(c1ccccc1)(c1ccccc1)c1ccccc1)c1ccccc1. The summed E-state index contributed by atoms with van der Waals surface area (Å²) in [6, 6.07) is 41.9. The summed E-state index contributed by atoms with van der Waals surface area (Å²) in [5.74, 6) is 0. The molecule has 0 saturated carbocycles. The zero-order valence-corrected chi connectivity index (χ0v) is 17.3. The second-order valence-electron chi connectivity index (χ2n) is 6.78. The number of benzene rings is 4. The molecule has 0 aliphatic heterocycles. The summed E-state index contributed by atoms with van der Waals surface area (Å²) in [5, 5.41) is 8.38. The molecule has 2 nitrogen and oxygen atoms in total. The summed E-state index contributed by atoms with van der Waals surface area (Å²) < 4.78 is 0. The average Bonchev–Trinajstić information content (AvgIpc) is 2.82. The third kappa shape index (κ3) is 3.99. The molecule has 0 aromatic heterocycles. The van der Waals surface area contributed by atoms with Gasteiger partial charge in [-0.1, -0.05) is 121 Å². The van der Waals surface area contributed by atoms with Crippen LogP contribution in [-0.2, 0) is 0 Å². The van der Waals surface area contributed by atoms with Crippen molar-refractivity contribution in [3.05, 3.63) is 127 Å². The van der Waals surface area contributed by atoms with E-state index in [1.165, 1.54) is 15.9 Å². The Balaban J connectivity index is 2.03. The molecular weight excluding hydrogens is 371 g/mol. The van der Waals surface area contributed by atoms with E-state index in [-0.39, 0.29) is 0 Å². The molecule has 0 amide bonds. The first-order valence-electron chi connectivity index (χ1n) is 9.69. The monoisotopic (exact) mass is 394 g/mol. The fraction of sp³-hybridized carbons (Fsp3) is 0.0385.